The van der Waals surface area contributed by atoms with Crippen LogP contribution in [-0.4, -0.2) is 44.8 Å². The maximum absolute atomic E-state index is 12.7. The van der Waals surface area contributed by atoms with E-state index in [4.69, 9.17) is 4.74 Å². The van der Waals surface area contributed by atoms with Crippen molar-refractivity contribution in [3.8, 4) is 0 Å². The van der Waals surface area contributed by atoms with Crippen LogP contribution in [0, 0.1) is 13.8 Å². The number of nitrogens with one attached hydrogen (secondary N) is 1. The molecule has 156 valence electrons. The molecule has 9 heteroatoms. The summed E-state index contributed by atoms with van der Waals surface area (Å²) in [6.07, 6.45) is 2.77. The highest BCUT2D eigenvalue weighted by molar-refractivity contribution is 7.89. The Kier molecular flexibility index (Phi) is 6.40. The molecule has 2 heterocycles. The van der Waals surface area contributed by atoms with E-state index in [2.05, 4.69) is 5.32 Å². The number of piperidine rings is 1. The zero-order valence-corrected chi connectivity index (χ0v) is 18.3. The summed E-state index contributed by atoms with van der Waals surface area (Å²) in [7, 11) is -2.25. The average Bonchev–Trinajstić information content (AvgIpc) is 3.01. The van der Waals surface area contributed by atoms with Gasteiger partial charge in [-0.05, 0) is 56.5 Å². The van der Waals surface area contributed by atoms with Gasteiger partial charge < -0.3 is 10.1 Å². The molecule has 0 unspecified atom stereocenters. The predicted octanol–water partition coefficient (Wildman–Crippen LogP) is 3.58. The van der Waals surface area contributed by atoms with Crippen molar-refractivity contribution in [3.05, 3.63) is 45.8 Å². The molecule has 0 aliphatic carbocycles. The average molecular weight is 437 g/mol. The largest absolute Gasteiger partial charge is 0.465 e. The molecule has 0 spiro atoms. The maximum Gasteiger partial charge on any atom is 0.341 e. The van der Waals surface area contributed by atoms with Gasteiger partial charge in [0.05, 0.1) is 17.6 Å². The second-order valence-electron chi connectivity index (χ2n) is 6.92. The molecule has 0 bridgehead atoms. The van der Waals surface area contributed by atoms with Crippen LogP contribution in [-0.2, 0) is 14.8 Å². The fraction of sp³-hybridized carbons (Fsp3) is 0.400. The molecule has 1 aliphatic heterocycles. The first-order valence-corrected chi connectivity index (χ1v) is 11.6. The van der Waals surface area contributed by atoms with Crippen molar-refractivity contribution in [2.45, 2.75) is 38.0 Å². The van der Waals surface area contributed by atoms with Crippen LogP contribution in [0.1, 0.15) is 50.4 Å². The molecule has 1 aliphatic rings. The Bertz CT molecular complexity index is 1020. The number of amides is 1. The second kappa shape index (κ2) is 8.64. The van der Waals surface area contributed by atoms with E-state index in [1.54, 1.807) is 6.92 Å². The van der Waals surface area contributed by atoms with Gasteiger partial charge in [-0.2, -0.15) is 4.31 Å². The Balaban J connectivity index is 1.80. The van der Waals surface area contributed by atoms with Gasteiger partial charge in [-0.1, -0.05) is 6.42 Å². The molecule has 1 fully saturated rings. The molecule has 3 rings (SSSR count). The Hall–Kier alpha value is -2.23. The molecule has 1 amide bonds. The number of carbonyl (C=O) groups is 2. The van der Waals surface area contributed by atoms with E-state index in [0.29, 0.717) is 29.2 Å². The number of hydrogen-bond donors (Lipinski definition) is 1. The quantitative estimate of drug-likeness (QED) is 0.723. The third-order valence-corrected chi connectivity index (χ3v) is 8.11. The van der Waals surface area contributed by atoms with E-state index in [1.165, 1.54) is 47.0 Å². The summed E-state index contributed by atoms with van der Waals surface area (Å²) in [5.74, 6) is -0.927. The molecule has 29 heavy (non-hydrogen) atoms. The van der Waals surface area contributed by atoms with Crippen LogP contribution in [0.15, 0.2) is 29.2 Å². The lowest BCUT2D eigenvalue weighted by Crippen LogP contribution is -2.35. The minimum Gasteiger partial charge on any atom is -0.465 e. The highest BCUT2D eigenvalue weighted by Gasteiger charge is 2.26. The molecule has 1 N–H and O–H groups in total. The van der Waals surface area contributed by atoms with Gasteiger partial charge in [-0.25, -0.2) is 13.2 Å². The summed E-state index contributed by atoms with van der Waals surface area (Å²) >= 11 is 1.30. The third-order valence-electron chi connectivity index (χ3n) is 5.07. The van der Waals surface area contributed by atoms with Gasteiger partial charge >= 0.3 is 5.97 Å². The lowest BCUT2D eigenvalue weighted by molar-refractivity contribution is 0.0601. The first-order valence-electron chi connectivity index (χ1n) is 9.35. The van der Waals surface area contributed by atoms with Crippen LogP contribution in [0.2, 0.25) is 0 Å². The first-order chi connectivity index (χ1) is 13.8. The fourth-order valence-corrected chi connectivity index (χ4v) is 5.83. The highest BCUT2D eigenvalue weighted by atomic mass is 32.2. The standard InChI is InChI=1S/C20H24N2O5S2/c1-13-14(2)28-19(17(13)20(24)27-3)21-18(23)15-7-9-16(10-8-15)29(25,26)22-11-5-4-6-12-22/h7-10H,4-6,11-12H2,1-3H3,(H,21,23). The number of aryl methyl sites for hydroxylation is 1. The maximum atomic E-state index is 12.7. The van der Waals surface area contributed by atoms with Crippen molar-refractivity contribution in [1.29, 1.82) is 0 Å². The Labute approximate surface area is 174 Å². The summed E-state index contributed by atoms with van der Waals surface area (Å²) < 4.78 is 31.8. The van der Waals surface area contributed by atoms with Gasteiger partial charge in [0, 0.05) is 23.5 Å². The van der Waals surface area contributed by atoms with Gasteiger partial charge in [0.15, 0.2) is 0 Å². The van der Waals surface area contributed by atoms with Gasteiger partial charge in [0.2, 0.25) is 10.0 Å². The number of hydrogen-bond acceptors (Lipinski definition) is 6. The molecule has 0 radical (unpaired) electrons. The van der Waals surface area contributed by atoms with Gasteiger partial charge in [-0.3, -0.25) is 4.79 Å². The molecular weight excluding hydrogens is 412 g/mol. The molecule has 1 saturated heterocycles. The summed E-state index contributed by atoms with van der Waals surface area (Å²) in [6.45, 7) is 4.71. The number of thiophene rings is 1. The van der Waals surface area contributed by atoms with E-state index in [-0.39, 0.29) is 4.90 Å². The SMILES string of the molecule is COC(=O)c1c(NC(=O)c2ccc(S(=O)(=O)N3CCCCC3)cc2)sc(C)c1C. The summed E-state index contributed by atoms with van der Waals surface area (Å²) in [6, 6.07) is 5.87. The minimum atomic E-state index is -3.54. The number of anilines is 1. The zero-order chi connectivity index (χ0) is 21.2. The number of esters is 1. The van der Waals surface area contributed by atoms with E-state index >= 15 is 0 Å². The monoisotopic (exact) mass is 436 g/mol. The van der Waals surface area contributed by atoms with Crippen molar-refractivity contribution in [2.75, 3.05) is 25.5 Å². The molecule has 1 aromatic carbocycles. The fourth-order valence-electron chi connectivity index (χ4n) is 3.27. The van der Waals surface area contributed by atoms with Crippen LogP contribution in [0.3, 0.4) is 0 Å². The number of nitrogens with zero attached hydrogens (tertiary/aromatic N) is 1. The van der Waals surface area contributed by atoms with E-state index in [9.17, 15) is 18.0 Å². The molecular formula is C20H24N2O5S2. The minimum absolute atomic E-state index is 0.175. The topological polar surface area (TPSA) is 92.8 Å². The van der Waals surface area contributed by atoms with Crippen LogP contribution in [0.5, 0.6) is 0 Å². The van der Waals surface area contributed by atoms with Crippen LogP contribution >= 0.6 is 11.3 Å². The smallest absolute Gasteiger partial charge is 0.341 e. The Morgan fingerprint density at radius 3 is 2.28 bits per heavy atom. The summed E-state index contributed by atoms with van der Waals surface area (Å²) in [5.41, 5.74) is 1.41. The predicted molar refractivity (Wildman–Crippen MR) is 112 cm³/mol. The van der Waals surface area contributed by atoms with Crippen molar-refractivity contribution < 1.29 is 22.7 Å². The number of methoxy groups -OCH3 is 1. The van der Waals surface area contributed by atoms with Crippen molar-refractivity contribution in [3.63, 3.8) is 0 Å². The normalized spacial score (nSPS) is 15.1. The van der Waals surface area contributed by atoms with E-state index in [0.717, 1.165) is 29.7 Å². The number of carbonyl (C=O) groups excluding carboxylic acids is 2. The molecule has 0 atom stereocenters. The van der Waals surface area contributed by atoms with Gasteiger partial charge in [-0.15, -0.1) is 11.3 Å². The van der Waals surface area contributed by atoms with Crippen molar-refractivity contribution in [1.82, 2.24) is 4.31 Å². The molecule has 2 aromatic rings. The van der Waals surface area contributed by atoms with Crippen LogP contribution < -0.4 is 5.32 Å². The van der Waals surface area contributed by atoms with Crippen molar-refractivity contribution >= 4 is 38.2 Å². The number of ether oxygens (including phenoxy) is 1. The second-order valence-corrected chi connectivity index (χ2v) is 10.1. The van der Waals surface area contributed by atoms with Gasteiger partial charge in [0.1, 0.15) is 5.00 Å². The summed E-state index contributed by atoms with van der Waals surface area (Å²) in [5, 5.41) is 3.16. The first kappa shape index (κ1) is 21.5. The third kappa shape index (κ3) is 4.36. The molecule has 1 aromatic heterocycles. The van der Waals surface area contributed by atoms with Crippen molar-refractivity contribution in [2.24, 2.45) is 0 Å². The lowest BCUT2D eigenvalue weighted by atomic mass is 10.1. The Morgan fingerprint density at radius 1 is 1.07 bits per heavy atom. The van der Waals surface area contributed by atoms with E-state index in [1.807, 2.05) is 6.92 Å². The lowest BCUT2D eigenvalue weighted by Gasteiger charge is -2.25. The van der Waals surface area contributed by atoms with Crippen LogP contribution in [0.4, 0.5) is 5.00 Å². The molecule has 7 nitrogen and oxygen atoms in total. The summed E-state index contributed by atoms with van der Waals surface area (Å²) in [4.78, 5) is 25.8. The Morgan fingerprint density at radius 2 is 1.69 bits per heavy atom. The number of sulfonamides is 1. The van der Waals surface area contributed by atoms with Crippen LogP contribution in [0.25, 0.3) is 0 Å². The van der Waals surface area contributed by atoms with E-state index < -0.39 is 21.9 Å². The van der Waals surface area contributed by atoms with Gasteiger partial charge in [0.25, 0.3) is 5.91 Å². The highest BCUT2D eigenvalue weighted by Crippen LogP contribution is 2.33. The number of benzene rings is 1. The number of rotatable bonds is 5. The molecule has 0 saturated carbocycles. The zero-order valence-electron chi connectivity index (χ0n) is 16.6.